The van der Waals surface area contributed by atoms with Gasteiger partial charge in [0.1, 0.15) is 0 Å². The van der Waals surface area contributed by atoms with E-state index >= 15 is 0 Å². The highest BCUT2D eigenvalue weighted by Crippen LogP contribution is 2.29. The van der Waals surface area contributed by atoms with Crippen LogP contribution in [0.15, 0.2) is 12.2 Å². The van der Waals surface area contributed by atoms with Gasteiger partial charge in [-0.15, -0.1) is 0 Å². The molecule has 0 radical (unpaired) electrons. The van der Waals surface area contributed by atoms with Crippen molar-refractivity contribution in [2.75, 3.05) is 26.2 Å². The molecule has 3 aliphatic rings. The predicted molar refractivity (Wildman–Crippen MR) is 53.7 cm³/mol. The van der Waals surface area contributed by atoms with E-state index in [1.54, 1.807) is 0 Å². The largest absolute Gasteiger partial charge is 0.372 e. The van der Waals surface area contributed by atoms with Crippen molar-refractivity contribution in [3.05, 3.63) is 12.2 Å². The van der Waals surface area contributed by atoms with Gasteiger partial charge in [-0.25, -0.2) is 0 Å². The standard InChI is InChI=1S/C11H19NO/c1-9(2)8-13-11-7-12-5-3-10(11)4-6-12/h10-11H,1,3-8H2,2H3. The van der Waals surface area contributed by atoms with Gasteiger partial charge in [0.2, 0.25) is 0 Å². The van der Waals surface area contributed by atoms with Gasteiger partial charge in [-0.05, 0) is 38.8 Å². The second kappa shape index (κ2) is 3.81. The number of rotatable bonds is 3. The molecule has 0 saturated carbocycles. The minimum atomic E-state index is 0.485. The Morgan fingerprint density at radius 3 is 2.62 bits per heavy atom. The maximum atomic E-state index is 5.84. The second-order valence-corrected chi connectivity index (χ2v) is 4.44. The number of ether oxygens (including phenoxy) is 1. The SMILES string of the molecule is C=C(C)COC1CN2CCC1CC2. The Bertz CT molecular complexity index is 194. The van der Waals surface area contributed by atoms with Crippen LogP contribution in [-0.2, 0) is 4.74 Å². The Morgan fingerprint density at radius 2 is 2.15 bits per heavy atom. The molecule has 74 valence electrons. The monoisotopic (exact) mass is 181 g/mol. The summed E-state index contributed by atoms with van der Waals surface area (Å²) < 4.78 is 5.84. The van der Waals surface area contributed by atoms with E-state index < -0.39 is 0 Å². The summed E-state index contributed by atoms with van der Waals surface area (Å²) in [7, 11) is 0. The third kappa shape index (κ3) is 2.12. The lowest BCUT2D eigenvalue weighted by molar-refractivity contribution is -0.0621. The van der Waals surface area contributed by atoms with Crippen LogP contribution in [0.3, 0.4) is 0 Å². The molecule has 1 unspecified atom stereocenters. The lowest BCUT2D eigenvalue weighted by Crippen LogP contribution is -2.51. The fourth-order valence-corrected chi connectivity index (χ4v) is 2.35. The van der Waals surface area contributed by atoms with E-state index in [1.165, 1.54) is 25.9 Å². The van der Waals surface area contributed by atoms with Crippen molar-refractivity contribution in [1.29, 1.82) is 0 Å². The summed E-state index contributed by atoms with van der Waals surface area (Å²) in [5.41, 5.74) is 1.14. The van der Waals surface area contributed by atoms with Crippen LogP contribution >= 0.6 is 0 Å². The first-order valence-corrected chi connectivity index (χ1v) is 5.24. The van der Waals surface area contributed by atoms with Gasteiger partial charge in [0, 0.05) is 6.54 Å². The van der Waals surface area contributed by atoms with Crippen LogP contribution in [0.2, 0.25) is 0 Å². The van der Waals surface area contributed by atoms with E-state index in [4.69, 9.17) is 4.74 Å². The number of hydrogen-bond acceptors (Lipinski definition) is 2. The maximum absolute atomic E-state index is 5.84. The zero-order chi connectivity index (χ0) is 9.26. The van der Waals surface area contributed by atoms with Gasteiger partial charge >= 0.3 is 0 Å². The van der Waals surface area contributed by atoms with Crippen LogP contribution < -0.4 is 0 Å². The first kappa shape index (κ1) is 9.22. The van der Waals surface area contributed by atoms with Gasteiger partial charge in [-0.3, -0.25) is 0 Å². The highest BCUT2D eigenvalue weighted by Gasteiger charge is 2.34. The predicted octanol–water partition coefficient (Wildman–Crippen LogP) is 1.67. The summed E-state index contributed by atoms with van der Waals surface area (Å²) in [6, 6.07) is 0. The van der Waals surface area contributed by atoms with E-state index in [2.05, 4.69) is 11.5 Å². The van der Waals surface area contributed by atoms with Gasteiger partial charge in [-0.2, -0.15) is 0 Å². The highest BCUT2D eigenvalue weighted by atomic mass is 16.5. The summed E-state index contributed by atoms with van der Waals surface area (Å²) in [5, 5.41) is 0. The van der Waals surface area contributed by atoms with E-state index in [-0.39, 0.29) is 0 Å². The molecule has 0 aromatic carbocycles. The summed E-state index contributed by atoms with van der Waals surface area (Å²) in [6.07, 6.45) is 3.15. The summed E-state index contributed by atoms with van der Waals surface area (Å²) >= 11 is 0. The van der Waals surface area contributed by atoms with E-state index in [0.717, 1.165) is 24.6 Å². The van der Waals surface area contributed by atoms with Gasteiger partial charge in [0.15, 0.2) is 0 Å². The third-order valence-corrected chi connectivity index (χ3v) is 3.14. The molecule has 3 saturated heterocycles. The van der Waals surface area contributed by atoms with Crippen LogP contribution in [0.25, 0.3) is 0 Å². The van der Waals surface area contributed by atoms with Gasteiger partial charge in [0.25, 0.3) is 0 Å². The van der Waals surface area contributed by atoms with Crippen molar-refractivity contribution in [2.45, 2.75) is 25.9 Å². The molecule has 1 atom stereocenters. The topological polar surface area (TPSA) is 12.5 Å². The van der Waals surface area contributed by atoms with Gasteiger partial charge < -0.3 is 9.64 Å². The second-order valence-electron chi connectivity index (χ2n) is 4.44. The molecule has 0 aliphatic carbocycles. The molecule has 2 nitrogen and oxygen atoms in total. The van der Waals surface area contributed by atoms with Crippen LogP contribution in [-0.4, -0.2) is 37.2 Å². The van der Waals surface area contributed by atoms with Crippen LogP contribution in [0, 0.1) is 5.92 Å². The average molecular weight is 181 g/mol. The molecule has 2 bridgehead atoms. The highest BCUT2D eigenvalue weighted by molar-refractivity contribution is 4.91. The lowest BCUT2D eigenvalue weighted by atomic mass is 9.86. The van der Waals surface area contributed by atoms with Crippen LogP contribution in [0.5, 0.6) is 0 Å². The summed E-state index contributed by atoms with van der Waals surface area (Å²) in [6.45, 7) is 10.4. The number of piperidine rings is 3. The lowest BCUT2D eigenvalue weighted by Gasteiger charge is -2.44. The van der Waals surface area contributed by atoms with E-state index in [0.29, 0.717) is 6.10 Å². The van der Waals surface area contributed by atoms with Crippen LogP contribution in [0.1, 0.15) is 19.8 Å². The van der Waals surface area contributed by atoms with Crippen molar-refractivity contribution in [3.63, 3.8) is 0 Å². The Morgan fingerprint density at radius 1 is 1.46 bits per heavy atom. The molecule has 13 heavy (non-hydrogen) atoms. The van der Waals surface area contributed by atoms with Gasteiger partial charge in [-0.1, -0.05) is 12.2 Å². The average Bonchev–Trinajstić information content (AvgIpc) is 2.17. The molecule has 0 N–H and O–H groups in total. The summed E-state index contributed by atoms with van der Waals surface area (Å²) in [4.78, 5) is 2.52. The molecule has 0 aromatic heterocycles. The van der Waals surface area contributed by atoms with Crippen LogP contribution in [0.4, 0.5) is 0 Å². The smallest absolute Gasteiger partial charge is 0.0735 e. The van der Waals surface area contributed by atoms with Crippen molar-refractivity contribution in [1.82, 2.24) is 4.90 Å². The quantitative estimate of drug-likeness (QED) is 0.614. The molecule has 3 heterocycles. The van der Waals surface area contributed by atoms with Crippen molar-refractivity contribution in [2.24, 2.45) is 5.92 Å². The maximum Gasteiger partial charge on any atom is 0.0735 e. The Hall–Kier alpha value is -0.340. The molecular formula is C11H19NO. The Balaban J connectivity index is 1.83. The zero-order valence-electron chi connectivity index (χ0n) is 8.46. The Kier molecular flexibility index (Phi) is 2.70. The normalized spacial score (nSPS) is 37.8. The fourth-order valence-electron chi connectivity index (χ4n) is 2.35. The molecule has 2 heteroatoms. The first-order valence-electron chi connectivity index (χ1n) is 5.24. The molecule has 3 aliphatic heterocycles. The van der Waals surface area contributed by atoms with E-state index in [1.807, 2.05) is 6.92 Å². The van der Waals surface area contributed by atoms with Crippen molar-refractivity contribution < 1.29 is 4.74 Å². The first-order chi connectivity index (χ1) is 6.25. The van der Waals surface area contributed by atoms with E-state index in [9.17, 15) is 0 Å². The molecule has 0 spiro atoms. The number of hydrogen-bond donors (Lipinski definition) is 0. The minimum absolute atomic E-state index is 0.485. The molecule has 3 rings (SSSR count). The molecular weight excluding hydrogens is 162 g/mol. The molecule has 3 fully saturated rings. The summed E-state index contributed by atoms with van der Waals surface area (Å²) in [5.74, 6) is 0.823. The molecule has 0 aromatic rings. The molecule has 0 amide bonds. The third-order valence-electron chi connectivity index (χ3n) is 3.14. The van der Waals surface area contributed by atoms with Crippen molar-refractivity contribution in [3.8, 4) is 0 Å². The number of fused-ring (bicyclic) bond motifs is 3. The zero-order valence-corrected chi connectivity index (χ0v) is 8.46. The fraction of sp³-hybridized carbons (Fsp3) is 0.818. The Labute approximate surface area is 80.6 Å². The van der Waals surface area contributed by atoms with Gasteiger partial charge in [0.05, 0.1) is 12.7 Å². The minimum Gasteiger partial charge on any atom is -0.372 e. The van der Waals surface area contributed by atoms with Crippen molar-refractivity contribution >= 4 is 0 Å². The number of nitrogens with zero attached hydrogens (tertiary/aromatic N) is 1.